The minimum absolute atomic E-state index is 0.219. The molecule has 1 aliphatic heterocycles. The lowest BCUT2D eigenvalue weighted by Gasteiger charge is -2.27. The van der Waals surface area contributed by atoms with Crippen molar-refractivity contribution in [1.82, 2.24) is 10.0 Å². The van der Waals surface area contributed by atoms with E-state index in [0.29, 0.717) is 6.04 Å². The molecule has 118 valence electrons. The van der Waals surface area contributed by atoms with Crippen LogP contribution in [0.3, 0.4) is 0 Å². The summed E-state index contributed by atoms with van der Waals surface area (Å²) in [6, 6.07) is 7.39. The zero-order valence-electron chi connectivity index (χ0n) is 12.4. The zero-order chi connectivity index (χ0) is 15.3. The summed E-state index contributed by atoms with van der Waals surface area (Å²) in [4.78, 5) is 0.265. The van der Waals surface area contributed by atoms with Crippen molar-refractivity contribution in [3.8, 4) is 0 Å². The van der Waals surface area contributed by atoms with Crippen LogP contribution in [0.1, 0.15) is 13.3 Å². The first-order chi connectivity index (χ1) is 10.0. The van der Waals surface area contributed by atoms with Gasteiger partial charge in [0.1, 0.15) is 0 Å². The van der Waals surface area contributed by atoms with E-state index in [9.17, 15) is 8.42 Å². The summed E-state index contributed by atoms with van der Waals surface area (Å²) < 4.78 is 31.3. The summed E-state index contributed by atoms with van der Waals surface area (Å²) in [5.41, 5.74) is 0.801. The lowest BCUT2D eigenvalue weighted by Crippen LogP contribution is -2.43. The summed E-state index contributed by atoms with van der Waals surface area (Å²) in [7, 11) is -2.00. The van der Waals surface area contributed by atoms with Crippen LogP contribution in [-0.2, 0) is 14.8 Å². The van der Waals surface area contributed by atoms with Gasteiger partial charge in [-0.3, -0.25) is 0 Å². The molecule has 0 amide bonds. The van der Waals surface area contributed by atoms with Gasteiger partial charge in [0.2, 0.25) is 10.0 Å². The summed E-state index contributed by atoms with van der Waals surface area (Å²) in [5.74, 6) is 0. The molecular formula is C14H23N3O3S. The van der Waals surface area contributed by atoms with Crippen molar-refractivity contribution >= 4 is 15.7 Å². The fraction of sp³-hybridized carbons (Fsp3) is 0.571. The average molecular weight is 313 g/mol. The normalized spacial score (nSPS) is 21.0. The van der Waals surface area contributed by atoms with E-state index in [2.05, 4.69) is 22.3 Å². The highest BCUT2D eigenvalue weighted by molar-refractivity contribution is 7.89. The van der Waals surface area contributed by atoms with Crippen LogP contribution in [0.5, 0.6) is 0 Å². The Kier molecular flexibility index (Phi) is 5.58. The third-order valence-corrected chi connectivity index (χ3v) is 4.87. The van der Waals surface area contributed by atoms with Gasteiger partial charge in [-0.25, -0.2) is 13.1 Å². The van der Waals surface area contributed by atoms with E-state index < -0.39 is 10.0 Å². The predicted octanol–water partition coefficient (Wildman–Crippen LogP) is 0.774. The van der Waals surface area contributed by atoms with Gasteiger partial charge in [0.15, 0.2) is 0 Å². The number of sulfonamides is 1. The Morgan fingerprint density at radius 1 is 1.48 bits per heavy atom. The van der Waals surface area contributed by atoms with E-state index in [1.807, 2.05) is 6.07 Å². The first-order valence-corrected chi connectivity index (χ1v) is 8.61. The highest BCUT2D eigenvalue weighted by atomic mass is 32.2. The Morgan fingerprint density at radius 2 is 2.29 bits per heavy atom. The maximum atomic E-state index is 11.8. The zero-order valence-corrected chi connectivity index (χ0v) is 13.2. The van der Waals surface area contributed by atoms with E-state index in [1.54, 1.807) is 18.2 Å². The van der Waals surface area contributed by atoms with Crippen LogP contribution in [0.4, 0.5) is 5.69 Å². The maximum absolute atomic E-state index is 11.8. The topological polar surface area (TPSA) is 79.5 Å². The highest BCUT2D eigenvalue weighted by Gasteiger charge is 2.17. The van der Waals surface area contributed by atoms with E-state index in [4.69, 9.17) is 4.74 Å². The molecule has 7 heteroatoms. The van der Waals surface area contributed by atoms with Gasteiger partial charge in [0, 0.05) is 24.3 Å². The molecule has 6 nitrogen and oxygen atoms in total. The van der Waals surface area contributed by atoms with Crippen LogP contribution in [-0.4, -0.2) is 47.3 Å². The smallest absolute Gasteiger partial charge is 0.240 e. The third kappa shape index (κ3) is 4.67. The number of rotatable bonds is 6. The van der Waals surface area contributed by atoms with E-state index in [0.717, 1.165) is 31.9 Å². The molecule has 2 atom stereocenters. The second-order valence-electron chi connectivity index (χ2n) is 5.24. The quantitative estimate of drug-likeness (QED) is 0.723. The number of nitrogens with one attached hydrogen (secondary N) is 3. The van der Waals surface area contributed by atoms with Crippen molar-refractivity contribution in [2.45, 2.75) is 30.3 Å². The third-order valence-electron chi connectivity index (χ3n) is 3.46. The van der Waals surface area contributed by atoms with Crippen LogP contribution in [0.25, 0.3) is 0 Å². The summed E-state index contributed by atoms with van der Waals surface area (Å²) in [6.07, 6.45) is 0.920. The standard InChI is InChI=1S/C14H23N3O3S/c1-11(8-13-10-20-7-6-16-13)17-12-4-3-5-14(9-12)21(18,19)15-2/h3-5,9,11,13,15-17H,6-8,10H2,1-2H3. The second kappa shape index (κ2) is 7.22. The van der Waals surface area contributed by atoms with Crippen LogP contribution >= 0.6 is 0 Å². The largest absolute Gasteiger partial charge is 0.382 e. The highest BCUT2D eigenvalue weighted by Crippen LogP contribution is 2.17. The molecular weight excluding hydrogens is 290 g/mol. The Balaban J connectivity index is 1.97. The molecule has 1 aliphatic rings. The van der Waals surface area contributed by atoms with Crippen LogP contribution in [0.2, 0.25) is 0 Å². The second-order valence-corrected chi connectivity index (χ2v) is 7.13. The molecule has 0 aliphatic carbocycles. The number of benzene rings is 1. The Morgan fingerprint density at radius 3 is 2.95 bits per heavy atom. The van der Waals surface area contributed by atoms with Crippen LogP contribution < -0.4 is 15.4 Å². The van der Waals surface area contributed by atoms with Gasteiger partial charge in [0.25, 0.3) is 0 Å². The van der Waals surface area contributed by atoms with Gasteiger partial charge in [0.05, 0.1) is 18.1 Å². The number of ether oxygens (including phenoxy) is 1. The lowest BCUT2D eigenvalue weighted by molar-refractivity contribution is 0.0731. The van der Waals surface area contributed by atoms with Crippen molar-refractivity contribution in [1.29, 1.82) is 0 Å². The molecule has 2 rings (SSSR count). The van der Waals surface area contributed by atoms with Gasteiger partial charge in [-0.2, -0.15) is 0 Å². The molecule has 1 fully saturated rings. The molecule has 0 bridgehead atoms. The van der Waals surface area contributed by atoms with Gasteiger partial charge >= 0.3 is 0 Å². The minimum atomic E-state index is -3.41. The molecule has 1 saturated heterocycles. The Bertz CT molecular complexity index is 556. The average Bonchev–Trinajstić information content (AvgIpc) is 2.48. The predicted molar refractivity (Wildman–Crippen MR) is 83.0 cm³/mol. The number of anilines is 1. The molecule has 3 N–H and O–H groups in total. The van der Waals surface area contributed by atoms with Gasteiger partial charge in [-0.05, 0) is 38.6 Å². The first-order valence-electron chi connectivity index (χ1n) is 7.12. The molecule has 2 unspecified atom stereocenters. The monoisotopic (exact) mass is 313 g/mol. The molecule has 1 aromatic carbocycles. The van der Waals surface area contributed by atoms with Crippen molar-refractivity contribution in [3.63, 3.8) is 0 Å². The number of hydrogen-bond acceptors (Lipinski definition) is 5. The molecule has 0 spiro atoms. The molecule has 21 heavy (non-hydrogen) atoms. The van der Waals surface area contributed by atoms with Gasteiger partial charge < -0.3 is 15.4 Å². The van der Waals surface area contributed by atoms with Crippen molar-refractivity contribution < 1.29 is 13.2 Å². The maximum Gasteiger partial charge on any atom is 0.240 e. The summed E-state index contributed by atoms with van der Waals surface area (Å²) in [5, 5.41) is 6.75. The lowest BCUT2D eigenvalue weighted by atomic mass is 10.1. The van der Waals surface area contributed by atoms with Crippen molar-refractivity contribution in [2.75, 3.05) is 32.1 Å². The SMILES string of the molecule is CNS(=O)(=O)c1cccc(NC(C)CC2COCCN2)c1. The van der Waals surface area contributed by atoms with Gasteiger partial charge in [-0.15, -0.1) is 0 Å². The molecule has 1 aromatic rings. The summed E-state index contributed by atoms with van der Waals surface area (Å²) >= 11 is 0. The molecule has 0 saturated carbocycles. The van der Waals surface area contributed by atoms with Crippen molar-refractivity contribution in [2.24, 2.45) is 0 Å². The number of morpholine rings is 1. The van der Waals surface area contributed by atoms with E-state index >= 15 is 0 Å². The fourth-order valence-corrected chi connectivity index (χ4v) is 3.19. The summed E-state index contributed by atoms with van der Waals surface area (Å²) in [6.45, 7) is 4.45. The van der Waals surface area contributed by atoms with E-state index in [1.165, 1.54) is 7.05 Å². The Hall–Kier alpha value is -1.15. The first kappa shape index (κ1) is 16.2. The van der Waals surface area contributed by atoms with Crippen LogP contribution in [0.15, 0.2) is 29.2 Å². The molecule has 1 heterocycles. The fourth-order valence-electron chi connectivity index (χ4n) is 2.41. The Labute approximate surface area is 126 Å². The van der Waals surface area contributed by atoms with E-state index in [-0.39, 0.29) is 10.9 Å². The number of hydrogen-bond donors (Lipinski definition) is 3. The van der Waals surface area contributed by atoms with Crippen molar-refractivity contribution in [3.05, 3.63) is 24.3 Å². The van der Waals surface area contributed by atoms with Crippen LogP contribution in [0, 0.1) is 0 Å². The minimum Gasteiger partial charge on any atom is -0.382 e. The molecule has 0 radical (unpaired) electrons. The van der Waals surface area contributed by atoms with Gasteiger partial charge in [-0.1, -0.05) is 6.07 Å². The molecule has 0 aromatic heterocycles.